The molecule has 0 atom stereocenters. The van der Waals surface area contributed by atoms with Crippen LogP contribution in [-0.2, 0) is 4.66 Å². The average Bonchev–Trinajstić information content (AvgIpc) is 4.41. The molecule has 5 heterocycles. The molecule has 6 nitrogen and oxygen atoms in total. The summed E-state index contributed by atoms with van der Waals surface area (Å²) >= 11 is 0. The van der Waals surface area contributed by atoms with Crippen molar-refractivity contribution in [2.75, 3.05) is 0 Å². The summed E-state index contributed by atoms with van der Waals surface area (Å²) in [6, 6.07) is 60.0. The van der Waals surface area contributed by atoms with Crippen LogP contribution in [-0.4, -0.2) is 38.2 Å². The van der Waals surface area contributed by atoms with E-state index in [4.69, 9.17) is 18.6 Å². The van der Waals surface area contributed by atoms with Gasteiger partial charge in [-0.05, 0) is 87.5 Å². The summed E-state index contributed by atoms with van der Waals surface area (Å²) in [6.45, 7) is -14.6. The van der Waals surface area contributed by atoms with Gasteiger partial charge in [-0.1, -0.05) is 159 Å². The Morgan fingerprint density at radius 2 is 1.08 bits per heavy atom. The summed E-state index contributed by atoms with van der Waals surface area (Å²) in [6.07, 6.45) is 2.30. The molecule has 9 heteroatoms. The summed E-state index contributed by atoms with van der Waals surface area (Å²) in [5, 5.41) is 1.85. The second-order valence-corrected chi connectivity index (χ2v) is 26.3. The zero-order valence-electron chi connectivity index (χ0n) is 46.8. The zero-order chi connectivity index (χ0) is 54.0. The van der Waals surface area contributed by atoms with E-state index in [0.29, 0.717) is 11.0 Å². The number of fused-ring (bicyclic) bond motifs is 7. The number of hydrogen-bond acceptors (Lipinski definition) is 4. The Kier molecular flexibility index (Phi) is 6.45. The minimum atomic E-state index is -6.18. The molecule has 12 rings (SSSR count). The van der Waals surface area contributed by atoms with Crippen LogP contribution in [0.1, 0.15) is 27.6 Å². The van der Waals surface area contributed by atoms with E-state index in [-0.39, 0.29) is 22.6 Å². The van der Waals surface area contributed by atoms with Crippen molar-refractivity contribution in [3.05, 3.63) is 224 Å². The Hall–Kier alpha value is -7.18. The van der Waals surface area contributed by atoms with Crippen molar-refractivity contribution >= 4 is 83.6 Å². The molecular weight excluding hydrogens is 847 g/mol. The van der Waals surface area contributed by atoms with E-state index in [1.807, 2.05) is 127 Å². The van der Waals surface area contributed by atoms with Gasteiger partial charge in [0, 0.05) is 37.9 Å². The predicted molar refractivity (Wildman–Crippen MR) is 272 cm³/mol. The second-order valence-electron chi connectivity index (χ2n) is 16.6. The summed E-state index contributed by atoms with van der Waals surface area (Å²) in [7, 11) is -16.4. The molecule has 0 bridgehead atoms. The van der Waals surface area contributed by atoms with E-state index < -0.39 is 65.6 Å². The highest BCUT2D eigenvalue weighted by molar-refractivity contribution is 7.20. The van der Waals surface area contributed by atoms with E-state index in [1.165, 1.54) is 48.5 Å². The van der Waals surface area contributed by atoms with Crippen LogP contribution < -0.4 is 36.3 Å². The Morgan fingerprint density at radius 3 is 1.74 bits per heavy atom. The van der Waals surface area contributed by atoms with E-state index in [2.05, 4.69) is 21.1 Å². The fraction of sp³-hybridized carbons (Fsp3) is 0.0893. The Morgan fingerprint density at radius 1 is 0.508 bits per heavy atom. The lowest BCUT2D eigenvalue weighted by atomic mass is 9.98. The standard InChI is InChI=1S/C56H47N3O3Si3/c1-63(2,52-35-19-37-60-52)56(64(3,4)53-36-20-38-61-53)44-27-11-16-33-50(44)62-54-45(56)28-18-34-51(54)65(41-22-7-5-8-23-41,42-24-9-6-10-25-42)43-26-17-21-40(39-43)58-48-31-14-15-32-49(48)59-47-30-13-12-29-46(47)57-55(58)59/h5-39H,1-4H3/i1D3,2D3,3D3,4D3. The number of nitrogens with zero attached hydrogens (tertiary/aromatic N) is 3. The molecule has 0 spiro atoms. The quantitative estimate of drug-likeness (QED) is 0.107. The van der Waals surface area contributed by atoms with Gasteiger partial charge in [0.05, 0.1) is 45.4 Å². The molecule has 316 valence electrons. The number of benzene rings is 7. The van der Waals surface area contributed by atoms with Crippen molar-refractivity contribution in [2.24, 2.45) is 0 Å². The van der Waals surface area contributed by atoms with Crippen LogP contribution in [0.5, 0.6) is 11.5 Å². The first-order chi connectivity index (χ1) is 36.8. The Balaban J connectivity index is 1.31. The van der Waals surface area contributed by atoms with E-state index >= 15 is 0 Å². The Labute approximate surface area is 397 Å². The molecule has 65 heavy (non-hydrogen) atoms. The number of rotatable bonds is 9. The number of imidazole rings is 2. The second kappa shape index (κ2) is 14.7. The SMILES string of the molecule is [2H]C([2H])([2H])[Si](c1ccco1)(C([2H])([2H])[2H])C1([Si](c2ccco2)(C([2H])([2H])[2H])C([2H])([2H])[2H])c2ccccc2Oc2c1cccc2[Si](c1ccccc1)(c1ccccc1)c1cccc(-n2c3ccccc3n3c4ccccc4nc23)c1. The van der Waals surface area contributed by atoms with Crippen LogP contribution in [0.25, 0.3) is 33.5 Å². The lowest BCUT2D eigenvalue weighted by molar-refractivity contribution is 0.451. The maximum absolute atomic E-state index is 9.91. The molecule has 1 aliphatic rings. The third kappa shape index (κ3) is 5.40. The fourth-order valence-corrected chi connectivity index (χ4v) is 22.9. The highest BCUT2D eigenvalue weighted by Crippen LogP contribution is 2.56. The normalized spacial score (nSPS) is 17.3. The fourth-order valence-electron chi connectivity index (χ4n) is 10.6. The van der Waals surface area contributed by atoms with Crippen molar-refractivity contribution in [1.29, 1.82) is 0 Å². The van der Waals surface area contributed by atoms with Crippen molar-refractivity contribution in [2.45, 2.75) is 30.6 Å². The minimum Gasteiger partial charge on any atom is -0.474 e. The number of furan rings is 2. The van der Waals surface area contributed by atoms with Gasteiger partial charge in [-0.3, -0.25) is 8.97 Å². The monoisotopic (exact) mass is 905 g/mol. The molecule has 0 amide bonds. The first-order valence-corrected chi connectivity index (χ1v) is 27.4. The third-order valence-corrected chi connectivity index (χ3v) is 25.7. The maximum Gasteiger partial charge on any atom is 0.220 e. The molecule has 1 aliphatic heterocycles. The van der Waals surface area contributed by atoms with Gasteiger partial charge in [0.15, 0.2) is 8.07 Å². The van der Waals surface area contributed by atoms with Gasteiger partial charge < -0.3 is 13.6 Å². The number of para-hydroxylation sites is 6. The van der Waals surface area contributed by atoms with Crippen molar-refractivity contribution in [3.63, 3.8) is 0 Å². The van der Waals surface area contributed by atoms with Crippen LogP contribution in [0.4, 0.5) is 0 Å². The number of hydrogen-bond donors (Lipinski definition) is 0. The van der Waals surface area contributed by atoms with Crippen molar-refractivity contribution in [1.82, 2.24) is 14.0 Å². The highest BCUT2D eigenvalue weighted by atomic mass is 28.4. The van der Waals surface area contributed by atoms with Crippen LogP contribution >= 0.6 is 0 Å². The van der Waals surface area contributed by atoms with Gasteiger partial charge in [-0.15, -0.1) is 0 Å². The molecule has 0 N–H and O–H groups in total. The number of ether oxygens (including phenoxy) is 1. The molecule has 0 radical (unpaired) electrons. The van der Waals surface area contributed by atoms with Crippen LogP contribution in [0, 0.1) is 0 Å². The van der Waals surface area contributed by atoms with Gasteiger partial charge in [0.25, 0.3) is 0 Å². The van der Waals surface area contributed by atoms with Gasteiger partial charge in [0.2, 0.25) is 5.78 Å². The van der Waals surface area contributed by atoms with E-state index in [9.17, 15) is 16.4 Å². The Bertz CT molecular complexity index is 3870. The third-order valence-electron chi connectivity index (χ3n) is 13.3. The summed E-state index contributed by atoms with van der Waals surface area (Å²) in [5.74, 6) is 0.505. The maximum atomic E-state index is 9.91. The molecule has 7 aromatic carbocycles. The van der Waals surface area contributed by atoms with E-state index in [0.717, 1.165) is 55.8 Å². The lowest BCUT2D eigenvalue weighted by Gasteiger charge is -2.55. The van der Waals surface area contributed by atoms with Gasteiger partial charge in [-0.2, -0.15) is 0 Å². The molecule has 0 saturated heterocycles. The predicted octanol–water partition coefficient (Wildman–Crippen LogP) is 9.70. The topological polar surface area (TPSA) is 57.7 Å². The molecule has 0 fully saturated rings. The first kappa shape index (κ1) is 28.6. The van der Waals surface area contributed by atoms with Crippen LogP contribution in [0.3, 0.4) is 0 Å². The molecule has 0 saturated carbocycles. The minimum absolute atomic E-state index is 0.0573. The molecular formula is C56H47N3O3Si3. The van der Waals surface area contributed by atoms with E-state index in [1.54, 1.807) is 12.1 Å². The summed E-state index contributed by atoms with van der Waals surface area (Å²) in [5.41, 5.74) is 3.88. The largest absolute Gasteiger partial charge is 0.474 e. The summed E-state index contributed by atoms with van der Waals surface area (Å²) < 4.78 is 140. The highest BCUT2D eigenvalue weighted by Gasteiger charge is 2.66. The van der Waals surface area contributed by atoms with Gasteiger partial charge in [0.1, 0.15) is 27.6 Å². The van der Waals surface area contributed by atoms with Gasteiger partial charge >= 0.3 is 0 Å². The lowest BCUT2D eigenvalue weighted by Crippen LogP contribution is -2.77. The molecule has 11 aromatic rings. The smallest absolute Gasteiger partial charge is 0.220 e. The number of aromatic nitrogens is 3. The molecule has 4 aromatic heterocycles. The van der Waals surface area contributed by atoms with Crippen LogP contribution in [0.15, 0.2) is 222 Å². The van der Waals surface area contributed by atoms with Crippen LogP contribution in [0.2, 0.25) is 25.9 Å². The van der Waals surface area contributed by atoms with Crippen molar-refractivity contribution < 1.29 is 30.0 Å². The zero-order valence-corrected chi connectivity index (χ0v) is 37.8. The molecule has 0 aliphatic carbocycles. The molecule has 0 unspecified atom stereocenters. The average molecular weight is 906 g/mol. The van der Waals surface area contributed by atoms with Crippen molar-refractivity contribution in [3.8, 4) is 17.2 Å². The first-order valence-electron chi connectivity index (χ1n) is 27.4. The summed E-state index contributed by atoms with van der Waals surface area (Å²) in [4.78, 5) is 5.18. The van der Waals surface area contributed by atoms with Gasteiger partial charge in [-0.25, -0.2) is 4.98 Å².